The fraction of sp³-hybridized carbons (Fsp3) is 0.222. The van der Waals surface area contributed by atoms with E-state index in [1.165, 1.54) is 27.2 Å². The van der Waals surface area contributed by atoms with Crippen molar-refractivity contribution in [3.8, 4) is 11.5 Å². The zero-order chi connectivity index (χ0) is 17.7. The van der Waals surface area contributed by atoms with Crippen LogP contribution in [0.15, 0.2) is 42.5 Å². The van der Waals surface area contributed by atoms with Crippen LogP contribution in [0, 0.1) is 0 Å². The average Bonchev–Trinajstić information content (AvgIpc) is 2.60. The first kappa shape index (κ1) is 17.8. The number of Topliss-reactive ketones (excluding diaryl/α,β-unsaturated/α-hetero) is 1. The Bertz CT molecular complexity index is 740. The summed E-state index contributed by atoms with van der Waals surface area (Å²) in [7, 11) is 2.97. The third-order valence-corrected chi connectivity index (χ3v) is 3.65. The highest BCUT2D eigenvalue weighted by Crippen LogP contribution is 2.28. The number of hydrogen-bond acceptors (Lipinski definition) is 5. The average molecular weight is 349 g/mol. The predicted octanol–water partition coefficient (Wildman–Crippen LogP) is 3.79. The van der Waals surface area contributed by atoms with Crippen molar-refractivity contribution in [2.24, 2.45) is 0 Å². The maximum atomic E-state index is 12.3. The quantitative estimate of drug-likeness (QED) is 0.587. The van der Waals surface area contributed by atoms with Gasteiger partial charge in [-0.15, -0.1) is 0 Å². The van der Waals surface area contributed by atoms with Crippen LogP contribution in [0.25, 0.3) is 0 Å². The molecule has 0 bridgehead atoms. The molecule has 0 N–H and O–H groups in total. The number of hydrogen-bond donors (Lipinski definition) is 0. The molecular weight excluding hydrogens is 332 g/mol. The van der Waals surface area contributed by atoms with E-state index in [-0.39, 0.29) is 11.3 Å². The van der Waals surface area contributed by atoms with Crippen molar-refractivity contribution >= 4 is 23.4 Å². The Hall–Kier alpha value is -2.53. The molecule has 0 fully saturated rings. The number of carbonyl (C=O) groups is 2. The van der Waals surface area contributed by atoms with Crippen molar-refractivity contribution < 1.29 is 23.8 Å². The van der Waals surface area contributed by atoms with E-state index in [0.717, 1.165) is 0 Å². The predicted molar refractivity (Wildman–Crippen MR) is 90.2 cm³/mol. The summed E-state index contributed by atoms with van der Waals surface area (Å²) in [6.07, 6.45) is -0.924. The van der Waals surface area contributed by atoms with Crippen LogP contribution >= 0.6 is 11.6 Å². The molecule has 2 aromatic carbocycles. The topological polar surface area (TPSA) is 61.8 Å². The Balaban J connectivity index is 2.11. The van der Waals surface area contributed by atoms with Gasteiger partial charge in [0.2, 0.25) is 5.78 Å². The van der Waals surface area contributed by atoms with Gasteiger partial charge < -0.3 is 14.2 Å². The second-order valence-electron chi connectivity index (χ2n) is 4.99. The normalized spacial score (nSPS) is 11.5. The molecule has 0 heterocycles. The van der Waals surface area contributed by atoms with Crippen LogP contribution in [0.5, 0.6) is 11.5 Å². The van der Waals surface area contributed by atoms with Gasteiger partial charge in [0.05, 0.1) is 19.8 Å². The van der Waals surface area contributed by atoms with Crippen LogP contribution < -0.4 is 9.47 Å². The van der Waals surface area contributed by atoms with Gasteiger partial charge in [-0.3, -0.25) is 4.79 Å². The lowest BCUT2D eigenvalue weighted by atomic mass is 10.1. The number of rotatable bonds is 6. The van der Waals surface area contributed by atoms with Crippen LogP contribution in [0.4, 0.5) is 0 Å². The molecule has 126 valence electrons. The molecule has 24 heavy (non-hydrogen) atoms. The summed E-state index contributed by atoms with van der Waals surface area (Å²) in [6, 6.07) is 11.0. The van der Waals surface area contributed by atoms with E-state index in [4.69, 9.17) is 25.8 Å². The van der Waals surface area contributed by atoms with Gasteiger partial charge in [-0.05, 0) is 49.4 Å². The highest BCUT2D eigenvalue weighted by atomic mass is 35.5. The first-order valence-corrected chi connectivity index (χ1v) is 7.57. The molecule has 2 rings (SSSR count). The smallest absolute Gasteiger partial charge is 0.338 e. The minimum atomic E-state index is -0.924. The molecule has 2 aromatic rings. The highest BCUT2D eigenvalue weighted by Gasteiger charge is 2.21. The first-order chi connectivity index (χ1) is 11.5. The van der Waals surface area contributed by atoms with E-state index in [9.17, 15) is 9.59 Å². The van der Waals surface area contributed by atoms with Crippen molar-refractivity contribution in [2.45, 2.75) is 13.0 Å². The summed E-state index contributed by atoms with van der Waals surface area (Å²) in [4.78, 5) is 24.5. The van der Waals surface area contributed by atoms with Crippen molar-refractivity contribution in [1.29, 1.82) is 0 Å². The molecule has 0 spiro atoms. The lowest BCUT2D eigenvalue weighted by Crippen LogP contribution is -2.24. The Morgan fingerprint density at radius 1 is 0.917 bits per heavy atom. The van der Waals surface area contributed by atoms with Crippen LogP contribution in [0.2, 0.25) is 5.02 Å². The standard InChI is InChI=1S/C18H17ClO5/c1-11(17(20)12-4-7-14(19)8-5-12)24-18(21)13-6-9-15(22-2)16(10-13)23-3/h4-11H,1-3H3/t11-/m1/s1. The summed E-state index contributed by atoms with van der Waals surface area (Å²) in [5.74, 6) is -0.0192. The molecule has 5 nitrogen and oxygen atoms in total. The van der Waals surface area contributed by atoms with Crippen LogP contribution in [0.3, 0.4) is 0 Å². The van der Waals surface area contributed by atoms with Gasteiger partial charge in [0, 0.05) is 10.6 Å². The number of ketones is 1. The minimum absolute atomic E-state index is 0.267. The maximum Gasteiger partial charge on any atom is 0.338 e. The van der Waals surface area contributed by atoms with Crippen molar-refractivity contribution in [1.82, 2.24) is 0 Å². The van der Waals surface area contributed by atoms with Gasteiger partial charge in [0.25, 0.3) is 0 Å². The molecule has 0 aliphatic rings. The second-order valence-corrected chi connectivity index (χ2v) is 5.42. The number of ether oxygens (including phenoxy) is 3. The van der Waals surface area contributed by atoms with E-state index >= 15 is 0 Å². The Labute approximate surface area is 145 Å². The molecule has 0 aromatic heterocycles. The minimum Gasteiger partial charge on any atom is -0.493 e. The highest BCUT2D eigenvalue weighted by molar-refractivity contribution is 6.30. The zero-order valence-corrected chi connectivity index (χ0v) is 14.3. The van der Waals surface area contributed by atoms with E-state index in [1.54, 1.807) is 36.4 Å². The lowest BCUT2D eigenvalue weighted by molar-refractivity contribution is 0.0318. The largest absolute Gasteiger partial charge is 0.493 e. The molecule has 0 aliphatic carbocycles. The third-order valence-electron chi connectivity index (χ3n) is 3.40. The summed E-state index contributed by atoms with van der Waals surface area (Å²) in [5, 5.41) is 0.529. The number of benzene rings is 2. The maximum absolute atomic E-state index is 12.3. The zero-order valence-electron chi connectivity index (χ0n) is 13.5. The molecule has 1 atom stereocenters. The molecule has 0 amide bonds. The van der Waals surface area contributed by atoms with E-state index in [1.807, 2.05) is 0 Å². The molecule has 0 aliphatic heterocycles. The molecule has 6 heteroatoms. The summed E-state index contributed by atoms with van der Waals surface area (Å²) >= 11 is 5.79. The number of esters is 1. The SMILES string of the molecule is COc1ccc(C(=O)O[C@H](C)C(=O)c2ccc(Cl)cc2)cc1OC. The molecule has 0 saturated heterocycles. The molecule has 0 radical (unpaired) electrons. The molecule has 0 saturated carbocycles. The number of carbonyl (C=O) groups excluding carboxylic acids is 2. The van der Waals surface area contributed by atoms with Crippen LogP contribution in [0.1, 0.15) is 27.6 Å². The number of halogens is 1. The summed E-state index contributed by atoms with van der Waals surface area (Å²) < 4.78 is 15.5. The van der Waals surface area contributed by atoms with E-state index in [0.29, 0.717) is 22.1 Å². The first-order valence-electron chi connectivity index (χ1n) is 7.19. The van der Waals surface area contributed by atoms with Crippen LogP contribution in [-0.2, 0) is 4.74 Å². The van der Waals surface area contributed by atoms with E-state index in [2.05, 4.69) is 0 Å². The fourth-order valence-corrected chi connectivity index (χ4v) is 2.22. The summed E-state index contributed by atoms with van der Waals surface area (Å²) in [6.45, 7) is 1.52. The van der Waals surface area contributed by atoms with E-state index < -0.39 is 12.1 Å². The van der Waals surface area contributed by atoms with Gasteiger partial charge in [-0.1, -0.05) is 11.6 Å². The van der Waals surface area contributed by atoms with Crippen molar-refractivity contribution in [2.75, 3.05) is 14.2 Å². The Morgan fingerprint density at radius 3 is 2.08 bits per heavy atom. The van der Waals surface area contributed by atoms with Crippen molar-refractivity contribution in [3.05, 3.63) is 58.6 Å². The van der Waals surface area contributed by atoms with Crippen LogP contribution in [-0.4, -0.2) is 32.1 Å². The fourth-order valence-electron chi connectivity index (χ4n) is 2.09. The Kier molecular flexibility index (Phi) is 5.82. The van der Waals surface area contributed by atoms with Gasteiger partial charge in [-0.25, -0.2) is 4.79 Å². The number of methoxy groups -OCH3 is 2. The molecule has 0 unspecified atom stereocenters. The van der Waals surface area contributed by atoms with Crippen molar-refractivity contribution in [3.63, 3.8) is 0 Å². The lowest BCUT2D eigenvalue weighted by Gasteiger charge is -2.13. The van der Waals surface area contributed by atoms with Gasteiger partial charge >= 0.3 is 5.97 Å². The summed E-state index contributed by atoms with van der Waals surface area (Å²) in [5.41, 5.74) is 0.690. The Morgan fingerprint density at radius 2 is 1.50 bits per heavy atom. The molecular formula is C18H17ClO5. The van der Waals surface area contributed by atoms with Gasteiger partial charge in [0.15, 0.2) is 17.6 Å². The van der Waals surface area contributed by atoms with Gasteiger partial charge in [-0.2, -0.15) is 0 Å². The monoisotopic (exact) mass is 348 g/mol. The third kappa shape index (κ3) is 4.06. The van der Waals surface area contributed by atoms with Gasteiger partial charge in [0.1, 0.15) is 0 Å². The second kappa shape index (κ2) is 7.84.